The molecular formula is C18H29NO. The Kier molecular flexibility index (Phi) is 8.05. The zero-order chi connectivity index (χ0) is 14.8. The summed E-state index contributed by atoms with van der Waals surface area (Å²) >= 11 is 0. The van der Waals surface area contributed by atoms with Crippen molar-refractivity contribution >= 4 is 0 Å². The van der Waals surface area contributed by atoms with Crippen LogP contribution in [0.1, 0.15) is 58.1 Å². The van der Waals surface area contributed by atoms with Gasteiger partial charge < -0.3 is 10.1 Å². The molecule has 112 valence electrons. The van der Waals surface area contributed by atoms with Gasteiger partial charge in [-0.3, -0.25) is 0 Å². The fraction of sp³-hybridized carbons (Fsp3) is 0.556. The van der Waals surface area contributed by atoms with Crippen molar-refractivity contribution in [2.75, 3.05) is 13.2 Å². The third-order valence-electron chi connectivity index (χ3n) is 3.23. The van der Waals surface area contributed by atoms with Crippen molar-refractivity contribution in [3.05, 3.63) is 42.0 Å². The molecule has 0 saturated heterocycles. The molecule has 0 spiro atoms. The Bertz CT molecular complexity index is 400. The molecule has 2 nitrogen and oxygen atoms in total. The van der Waals surface area contributed by atoms with E-state index < -0.39 is 0 Å². The largest absolute Gasteiger partial charge is 0.494 e. The van der Waals surface area contributed by atoms with E-state index in [9.17, 15) is 0 Å². The van der Waals surface area contributed by atoms with E-state index in [4.69, 9.17) is 4.74 Å². The molecule has 20 heavy (non-hydrogen) atoms. The smallest absolute Gasteiger partial charge is 0.119 e. The van der Waals surface area contributed by atoms with Crippen molar-refractivity contribution in [3.63, 3.8) is 0 Å². The summed E-state index contributed by atoms with van der Waals surface area (Å²) in [5.74, 6) is 0.975. The van der Waals surface area contributed by atoms with E-state index in [0.717, 1.165) is 44.6 Å². The molecule has 1 aromatic rings. The van der Waals surface area contributed by atoms with Crippen LogP contribution in [0.5, 0.6) is 5.75 Å². The average molecular weight is 275 g/mol. The van der Waals surface area contributed by atoms with Gasteiger partial charge in [0.1, 0.15) is 5.75 Å². The predicted octanol–water partition coefficient (Wildman–Crippen LogP) is 4.87. The molecule has 0 bridgehead atoms. The minimum atomic E-state index is 0.386. The van der Waals surface area contributed by atoms with Crippen molar-refractivity contribution in [1.82, 2.24) is 5.32 Å². The van der Waals surface area contributed by atoms with Gasteiger partial charge in [0.25, 0.3) is 0 Å². The van der Waals surface area contributed by atoms with Crippen molar-refractivity contribution in [1.29, 1.82) is 0 Å². The van der Waals surface area contributed by atoms with Gasteiger partial charge in [-0.1, -0.05) is 31.6 Å². The molecule has 0 radical (unpaired) electrons. The molecule has 0 heterocycles. The van der Waals surface area contributed by atoms with E-state index in [1.807, 2.05) is 6.07 Å². The summed E-state index contributed by atoms with van der Waals surface area (Å²) in [7, 11) is 0. The minimum Gasteiger partial charge on any atom is -0.494 e. The minimum absolute atomic E-state index is 0.386. The number of allylic oxidation sites excluding steroid dienone is 1. The predicted molar refractivity (Wildman–Crippen MR) is 87.3 cm³/mol. The summed E-state index contributed by atoms with van der Waals surface area (Å²) in [6.45, 7) is 12.2. The van der Waals surface area contributed by atoms with Crippen LogP contribution in [-0.4, -0.2) is 13.2 Å². The maximum atomic E-state index is 5.73. The maximum absolute atomic E-state index is 5.73. The van der Waals surface area contributed by atoms with Gasteiger partial charge in [0.2, 0.25) is 0 Å². The molecule has 2 heteroatoms. The zero-order valence-electron chi connectivity index (χ0n) is 13.2. The first-order chi connectivity index (χ1) is 9.67. The molecule has 0 saturated carbocycles. The van der Waals surface area contributed by atoms with E-state index in [2.05, 4.69) is 50.9 Å². The first-order valence-electron chi connectivity index (χ1n) is 7.77. The summed E-state index contributed by atoms with van der Waals surface area (Å²) in [6.07, 6.45) is 4.33. The Morgan fingerprint density at radius 1 is 1.30 bits per heavy atom. The van der Waals surface area contributed by atoms with E-state index in [0.29, 0.717) is 6.04 Å². The van der Waals surface area contributed by atoms with Crippen LogP contribution < -0.4 is 10.1 Å². The van der Waals surface area contributed by atoms with E-state index in [-0.39, 0.29) is 0 Å². The molecule has 1 aromatic carbocycles. The van der Waals surface area contributed by atoms with Crippen molar-refractivity contribution in [2.45, 2.75) is 52.5 Å². The van der Waals surface area contributed by atoms with Gasteiger partial charge in [-0.2, -0.15) is 0 Å². The topological polar surface area (TPSA) is 21.3 Å². The third-order valence-corrected chi connectivity index (χ3v) is 3.23. The number of rotatable bonds is 10. The Balaban J connectivity index is 2.74. The first kappa shape index (κ1) is 16.8. The van der Waals surface area contributed by atoms with E-state index in [1.165, 1.54) is 11.1 Å². The van der Waals surface area contributed by atoms with Crippen LogP contribution in [-0.2, 0) is 0 Å². The second-order valence-corrected chi connectivity index (χ2v) is 5.42. The van der Waals surface area contributed by atoms with Crippen LogP contribution in [0.3, 0.4) is 0 Å². The molecule has 1 rings (SSSR count). The Morgan fingerprint density at radius 3 is 2.75 bits per heavy atom. The van der Waals surface area contributed by atoms with Crippen LogP contribution in [0.4, 0.5) is 0 Å². The molecule has 1 atom stereocenters. The molecule has 0 aliphatic heterocycles. The van der Waals surface area contributed by atoms with Gasteiger partial charge >= 0.3 is 0 Å². The molecule has 0 aromatic heterocycles. The molecular weight excluding hydrogens is 246 g/mol. The van der Waals surface area contributed by atoms with Crippen LogP contribution in [0.2, 0.25) is 0 Å². The lowest BCUT2D eigenvalue weighted by Crippen LogP contribution is -2.22. The molecule has 0 fully saturated rings. The SMILES string of the molecule is C=C(C)CCC(NCCC)c1cccc(OCCC)c1. The lowest BCUT2D eigenvalue weighted by molar-refractivity contribution is 0.316. The number of hydrogen-bond donors (Lipinski definition) is 1. The van der Waals surface area contributed by atoms with Crippen LogP contribution >= 0.6 is 0 Å². The number of hydrogen-bond acceptors (Lipinski definition) is 2. The van der Waals surface area contributed by atoms with Gasteiger partial charge in [0.05, 0.1) is 6.61 Å². The number of benzene rings is 1. The summed E-state index contributed by atoms with van der Waals surface area (Å²) in [5.41, 5.74) is 2.56. The van der Waals surface area contributed by atoms with Crippen LogP contribution in [0.25, 0.3) is 0 Å². The number of ether oxygens (including phenoxy) is 1. The maximum Gasteiger partial charge on any atom is 0.119 e. The fourth-order valence-corrected chi connectivity index (χ4v) is 2.14. The second-order valence-electron chi connectivity index (χ2n) is 5.42. The summed E-state index contributed by atoms with van der Waals surface area (Å²) in [4.78, 5) is 0. The van der Waals surface area contributed by atoms with Gasteiger partial charge in [-0.05, 0) is 56.8 Å². The quantitative estimate of drug-likeness (QED) is 0.615. The van der Waals surface area contributed by atoms with E-state index >= 15 is 0 Å². The van der Waals surface area contributed by atoms with Gasteiger partial charge in [-0.25, -0.2) is 0 Å². The third kappa shape index (κ3) is 6.25. The highest BCUT2D eigenvalue weighted by Crippen LogP contribution is 2.24. The van der Waals surface area contributed by atoms with Crippen molar-refractivity contribution in [3.8, 4) is 5.75 Å². The number of nitrogens with one attached hydrogen (secondary N) is 1. The fourth-order valence-electron chi connectivity index (χ4n) is 2.14. The van der Waals surface area contributed by atoms with Crippen molar-refractivity contribution in [2.24, 2.45) is 0 Å². The Hall–Kier alpha value is -1.28. The highest BCUT2D eigenvalue weighted by atomic mass is 16.5. The molecule has 0 amide bonds. The molecule has 1 N–H and O–H groups in total. The standard InChI is InChI=1S/C18H29NO/c1-5-12-19-18(11-10-15(3)4)16-8-7-9-17(14-16)20-13-6-2/h7-9,14,18-19H,3,5-6,10-13H2,1-2,4H3. The van der Waals surface area contributed by atoms with Gasteiger partial charge in [-0.15, -0.1) is 6.58 Å². The van der Waals surface area contributed by atoms with E-state index in [1.54, 1.807) is 0 Å². The second kappa shape index (κ2) is 9.60. The van der Waals surface area contributed by atoms with Crippen molar-refractivity contribution < 1.29 is 4.74 Å². The Labute approximate surface area is 124 Å². The monoisotopic (exact) mass is 275 g/mol. The average Bonchev–Trinajstić information content (AvgIpc) is 2.45. The highest BCUT2D eigenvalue weighted by molar-refractivity contribution is 5.30. The first-order valence-corrected chi connectivity index (χ1v) is 7.77. The zero-order valence-corrected chi connectivity index (χ0v) is 13.2. The van der Waals surface area contributed by atoms with Gasteiger partial charge in [0, 0.05) is 6.04 Å². The molecule has 1 unspecified atom stereocenters. The Morgan fingerprint density at radius 2 is 2.10 bits per heavy atom. The molecule has 0 aliphatic rings. The molecule has 0 aliphatic carbocycles. The lowest BCUT2D eigenvalue weighted by Gasteiger charge is -2.20. The summed E-state index contributed by atoms with van der Waals surface area (Å²) in [6, 6.07) is 8.86. The highest BCUT2D eigenvalue weighted by Gasteiger charge is 2.11. The summed E-state index contributed by atoms with van der Waals surface area (Å²) in [5, 5.41) is 3.63. The normalized spacial score (nSPS) is 12.2. The van der Waals surface area contributed by atoms with Crippen LogP contribution in [0.15, 0.2) is 36.4 Å². The van der Waals surface area contributed by atoms with Crippen LogP contribution in [0, 0.1) is 0 Å². The van der Waals surface area contributed by atoms with Gasteiger partial charge in [0.15, 0.2) is 0 Å². The summed E-state index contributed by atoms with van der Waals surface area (Å²) < 4.78 is 5.73. The lowest BCUT2D eigenvalue weighted by atomic mass is 9.99.